The van der Waals surface area contributed by atoms with Crippen LogP contribution in [-0.2, 0) is 9.84 Å². The van der Waals surface area contributed by atoms with Crippen molar-refractivity contribution in [2.75, 3.05) is 0 Å². The van der Waals surface area contributed by atoms with Crippen molar-refractivity contribution >= 4 is 9.84 Å². The summed E-state index contributed by atoms with van der Waals surface area (Å²) in [6.45, 7) is 3.64. The van der Waals surface area contributed by atoms with Crippen molar-refractivity contribution in [2.45, 2.75) is 75.2 Å². The Morgan fingerprint density at radius 3 is 0.952 bits per heavy atom. The molecule has 0 aliphatic heterocycles. The highest BCUT2D eigenvalue weighted by Gasteiger charge is 2.75. The van der Waals surface area contributed by atoms with Crippen molar-refractivity contribution in [2.24, 2.45) is 0 Å². The second-order valence-electron chi connectivity index (χ2n) is 4.88. The van der Waals surface area contributed by atoms with Crippen LogP contribution in [0.15, 0.2) is 0 Å². The van der Waals surface area contributed by atoms with Crippen LogP contribution in [0.4, 0.5) is 26.3 Å². The van der Waals surface area contributed by atoms with E-state index in [1.54, 1.807) is 0 Å². The summed E-state index contributed by atoms with van der Waals surface area (Å²) < 4.78 is 107. The lowest BCUT2D eigenvalue weighted by Gasteiger charge is -2.38. The minimum Gasteiger partial charge on any atom is -0.236 e. The molecule has 128 valence electrons. The minimum absolute atomic E-state index is 0.910. The molecule has 0 saturated heterocycles. The number of alkyl halides is 6. The number of halogens is 6. The van der Waals surface area contributed by atoms with Crippen LogP contribution < -0.4 is 0 Å². The summed E-state index contributed by atoms with van der Waals surface area (Å²) in [6, 6.07) is 0. The fourth-order valence-electron chi connectivity index (χ4n) is 1.97. The zero-order valence-electron chi connectivity index (χ0n) is 12.3. The van der Waals surface area contributed by atoms with Gasteiger partial charge in [0.15, 0.2) is 11.3 Å². The van der Waals surface area contributed by atoms with Crippen molar-refractivity contribution in [3.05, 3.63) is 0 Å². The van der Waals surface area contributed by atoms with Gasteiger partial charge in [0.25, 0.3) is 9.84 Å². The van der Waals surface area contributed by atoms with Crippen molar-refractivity contribution < 1.29 is 34.8 Å². The molecule has 0 aromatic rings. The van der Waals surface area contributed by atoms with E-state index in [4.69, 9.17) is 0 Å². The van der Waals surface area contributed by atoms with E-state index in [0.29, 0.717) is 0 Å². The van der Waals surface area contributed by atoms with Gasteiger partial charge in [0, 0.05) is 0 Å². The number of hydrogen-bond acceptors (Lipinski definition) is 2. The van der Waals surface area contributed by atoms with Gasteiger partial charge in [0.2, 0.25) is 0 Å². The maximum atomic E-state index is 14.1. The number of rotatable bonds is 8. The normalized spacial score (nSPS) is 15.3. The van der Waals surface area contributed by atoms with Crippen LogP contribution in [0.25, 0.3) is 0 Å². The van der Waals surface area contributed by atoms with Gasteiger partial charge < -0.3 is 0 Å². The third kappa shape index (κ3) is 2.66. The molecule has 0 atom stereocenters. The van der Waals surface area contributed by atoms with Gasteiger partial charge in [-0.05, 0) is 25.7 Å². The van der Waals surface area contributed by atoms with Gasteiger partial charge >= 0.3 is 10.5 Å². The monoisotopic (exact) mass is 342 g/mol. The van der Waals surface area contributed by atoms with Gasteiger partial charge in [0.05, 0.1) is 0 Å². The molecular weight excluding hydrogens is 322 g/mol. The van der Waals surface area contributed by atoms with Gasteiger partial charge in [0.1, 0.15) is 0 Å². The summed E-state index contributed by atoms with van der Waals surface area (Å²) in [7, 11) is -6.72. The van der Waals surface area contributed by atoms with E-state index in [9.17, 15) is 34.8 Å². The van der Waals surface area contributed by atoms with Gasteiger partial charge in [-0.3, -0.25) is 0 Å². The predicted molar refractivity (Wildman–Crippen MR) is 67.7 cm³/mol. The average Bonchev–Trinajstić information content (AvgIpc) is 2.44. The molecule has 0 unspecified atom stereocenters. The van der Waals surface area contributed by atoms with E-state index in [1.807, 2.05) is 0 Å². The van der Waals surface area contributed by atoms with Crippen LogP contribution in [0, 0.1) is 0 Å². The fraction of sp³-hybridized carbons (Fsp3) is 1.00. The van der Waals surface area contributed by atoms with Crippen molar-refractivity contribution in [1.29, 1.82) is 0 Å². The van der Waals surface area contributed by atoms with Crippen molar-refractivity contribution in [1.82, 2.24) is 0 Å². The predicted octanol–water partition coefficient (Wildman–Crippen LogP) is 4.64. The third-order valence-electron chi connectivity index (χ3n) is 3.96. The highest BCUT2D eigenvalue weighted by atomic mass is 32.2. The van der Waals surface area contributed by atoms with Crippen LogP contribution in [-0.4, -0.2) is 30.3 Å². The van der Waals surface area contributed by atoms with Crippen LogP contribution in [0.3, 0.4) is 0 Å². The summed E-state index contributed by atoms with van der Waals surface area (Å²) in [5.41, 5.74) is -7.37. The molecule has 0 amide bonds. The van der Waals surface area contributed by atoms with Crippen LogP contribution in [0.5, 0.6) is 0 Å². The molecular formula is C12H20F6O2S. The Bertz CT molecular complexity index is 416. The first kappa shape index (κ1) is 20.5. The van der Waals surface area contributed by atoms with E-state index in [1.165, 1.54) is 0 Å². The van der Waals surface area contributed by atoms with Crippen molar-refractivity contribution in [3.8, 4) is 0 Å². The lowest BCUT2D eigenvalue weighted by Crippen LogP contribution is -2.60. The first-order valence-corrected chi connectivity index (χ1v) is 8.10. The SMILES string of the molecule is CCC(F)(CC)C(F)(F)S(=O)(=O)C(F)(F)C(F)(CC)CC. The van der Waals surface area contributed by atoms with E-state index in [2.05, 4.69) is 0 Å². The first-order chi connectivity index (χ1) is 9.24. The number of hydrogen-bond donors (Lipinski definition) is 0. The quantitative estimate of drug-likeness (QED) is 0.602. The second kappa shape index (κ2) is 5.96. The summed E-state index contributed by atoms with van der Waals surface area (Å²) in [5, 5.41) is -10.8. The molecule has 21 heavy (non-hydrogen) atoms. The Morgan fingerprint density at radius 2 is 0.810 bits per heavy atom. The average molecular weight is 342 g/mol. The van der Waals surface area contributed by atoms with E-state index in [0.717, 1.165) is 27.7 Å². The van der Waals surface area contributed by atoms with Crippen LogP contribution in [0.1, 0.15) is 53.4 Å². The topological polar surface area (TPSA) is 34.1 Å². The molecule has 0 N–H and O–H groups in total. The molecule has 0 fully saturated rings. The van der Waals surface area contributed by atoms with Gasteiger partial charge in [-0.15, -0.1) is 0 Å². The minimum atomic E-state index is -6.72. The maximum Gasteiger partial charge on any atom is 0.384 e. The zero-order valence-corrected chi connectivity index (χ0v) is 13.1. The Morgan fingerprint density at radius 1 is 0.619 bits per heavy atom. The standard InChI is InChI=1S/C12H20F6O2S/c1-5-9(13,6-2)11(15,16)21(19,20)12(17,18)10(14,7-3)8-4/h5-8H2,1-4H3. The lowest BCUT2D eigenvalue weighted by molar-refractivity contribution is -0.110. The molecule has 0 aliphatic carbocycles. The number of sulfone groups is 1. The molecule has 2 nitrogen and oxygen atoms in total. The third-order valence-corrected chi connectivity index (χ3v) is 6.04. The highest BCUT2D eigenvalue weighted by Crippen LogP contribution is 2.52. The summed E-state index contributed by atoms with van der Waals surface area (Å²) >= 11 is 0. The maximum absolute atomic E-state index is 14.1. The summed E-state index contributed by atoms with van der Waals surface area (Å²) in [5.74, 6) is 0. The Hall–Kier alpha value is -0.470. The van der Waals surface area contributed by atoms with Crippen LogP contribution >= 0.6 is 0 Å². The zero-order chi connectivity index (χ0) is 17.3. The largest absolute Gasteiger partial charge is 0.384 e. The Kier molecular flexibility index (Phi) is 5.83. The van der Waals surface area contributed by atoms with Crippen LogP contribution in [0.2, 0.25) is 0 Å². The molecule has 9 heteroatoms. The highest BCUT2D eigenvalue weighted by molar-refractivity contribution is 7.93. The molecule has 0 aromatic carbocycles. The van der Waals surface area contributed by atoms with E-state index < -0.39 is 57.4 Å². The first-order valence-electron chi connectivity index (χ1n) is 6.62. The molecule has 0 radical (unpaired) electrons. The molecule has 0 heterocycles. The molecule has 0 aromatic heterocycles. The van der Waals surface area contributed by atoms with E-state index in [-0.39, 0.29) is 0 Å². The second-order valence-corrected chi connectivity index (χ2v) is 6.91. The molecule has 0 spiro atoms. The molecule has 0 saturated carbocycles. The van der Waals surface area contributed by atoms with E-state index >= 15 is 0 Å². The molecule has 0 aliphatic rings. The fourth-order valence-corrected chi connectivity index (χ4v) is 3.83. The lowest BCUT2D eigenvalue weighted by atomic mass is 10.00. The van der Waals surface area contributed by atoms with Gasteiger partial charge in [-0.1, -0.05) is 27.7 Å². The van der Waals surface area contributed by atoms with Gasteiger partial charge in [-0.25, -0.2) is 17.2 Å². The molecule has 0 rings (SSSR count). The summed E-state index contributed by atoms with van der Waals surface area (Å²) in [4.78, 5) is 0. The van der Waals surface area contributed by atoms with Crippen molar-refractivity contribution in [3.63, 3.8) is 0 Å². The molecule has 0 bridgehead atoms. The van der Waals surface area contributed by atoms with Gasteiger partial charge in [-0.2, -0.15) is 17.6 Å². The summed E-state index contributed by atoms with van der Waals surface area (Å²) in [6.07, 6.45) is -3.99. The Balaban J connectivity index is 6.22. The Labute approximate surface area is 120 Å². The smallest absolute Gasteiger partial charge is 0.236 e.